The first-order valence-corrected chi connectivity index (χ1v) is 3.71. The molecule has 10 heavy (non-hydrogen) atoms. The lowest BCUT2D eigenvalue weighted by Crippen LogP contribution is -1.77. The van der Waals surface area contributed by atoms with E-state index in [0.29, 0.717) is 0 Å². The van der Waals surface area contributed by atoms with Crippen molar-refractivity contribution in [2.75, 3.05) is 6.38 Å². The second-order valence-electron chi connectivity index (χ2n) is 1.64. The number of alkyl halides is 1. The molecule has 0 aliphatic rings. The van der Waals surface area contributed by atoms with Gasteiger partial charge in [0.05, 0.1) is 6.61 Å². The van der Waals surface area contributed by atoms with Crippen molar-refractivity contribution in [2.24, 2.45) is 0 Å². The molecule has 2 heteroatoms. The number of aliphatic hydroxyl groups excluding tert-OH is 1. The molecule has 0 amide bonds. The Hall–Kier alpha value is -0.530. The minimum Gasteiger partial charge on any atom is -0.392 e. The molecular formula is C8H11ClO. The zero-order valence-electron chi connectivity index (χ0n) is 5.92. The molecular weight excluding hydrogens is 148 g/mol. The Morgan fingerprint density at radius 3 is 2.00 bits per heavy atom. The number of hydrogen-bond acceptors (Lipinski definition) is 1. The summed E-state index contributed by atoms with van der Waals surface area (Å²) in [5, 5.41) is 8.54. The van der Waals surface area contributed by atoms with E-state index in [-0.39, 0.29) is 6.61 Å². The largest absolute Gasteiger partial charge is 0.392 e. The van der Waals surface area contributed by atoms with Crippen LogP contribution in [0.15, 0.2) is 30.3 Å². The molecule has 0 atom stereocenters. The highest BCUT2D eigenvalue weighted by atomic mass is 35.5. The zero-order valence-corrected chi connectivity index (χ0v) is 6.67. The maximum absolute atomic E-state index is 8.54. The summed E-state index contributed by atoms with van der Waals surface area (Å²) in [5.41, 5.74) is 0.965. The van der Waals surface area contributed by atoms with Crippen molar-refractivity contribution in [2.45, 2.75) is 6.61 Å². The fraction of sp³-hybridized carbons (Fsp3) is 0.250. The monoisotopic (exact) mass is 158 g/mol. The molecule has 1 aromatic rings. The van der Waals surface area contributed by atoms with Crippen LogP contribution >= 0.6 is 11.6 Å². The standard InChI is InChI=1S/C7H8O.CH3Cl/c8-6-7-4-2-1-3-5-7;1-2/h1-5,8H,6H2;1H3. The van der Waals surface area contributed by atoms with Crippen molar-refractivity contribution in [3.8, 4) is 0 Å². The van der Waals surface area contributed by atoms with Crippen LogP contribution in [0.4, 0.5) is 0 Å². The molecule has 0 radical (unpaired) electrons. The lowest BCUT2D eigenvalue weighted by molar-refractivity contribution is 0.282. The van der Waals surface area contributed by atoms with Crippen LogP contribution in [0.1, 0.15) is 5.56 Å². The van der Waals surface area contributed by atoms with E-state index in [1.54, 1.807) is 0 Å². The average Bonchev–Trinajstić information content (AvgIpc) is 2.10. The fourth-order valence-corrected chi connectivity index (χ4v) is 0.583. The first-order valence-electron chi connectivity index (χ1n) is 2.96. The van der Waals surface area contributed by atoms with Crippen molar-refractivity contribution < 1.29 is 5.11 Å². The Morgan fingerprint density at radius 1 is 1.20 bits per heavy atom. The second kappa shape index (κ2) is 6.59. The molecule has 0 saturated carbocycles. The molecule has 0 heterocycles. The Balaban J connectivity index is 0.000000371. The van der Waals surface area contributed by atoms with Gasteiger partial charge in [-0.3, -0.25) is 0 Å². The first kappa shape index (κ1) is 9.47. The van der Waals surface area contributed by atoms with E-state index in [1.165, 1.54) is 6.38 Å². The van der Waals surface area contributed by atoms with E-state index >= 15 is 0 Å². The molecule has 0 saturated heterocycles. The Morgan fingerprint density at radius 2 is 1.70 bits per heavy atom. The van der Waals surface area contributed by atoms with Gasteiger partial charge >= 0.3 is 0 Å². The van der Waals surface area contributed by atoms with Gasteiger partial charge < -0.3 is 5.11 Å². The van der Waals surface area contributed by atoms with Crippen LogP contribution in [-0.4, -0.2) is 11.5 Å². The van der Waals surface area contributed by atoms with Crippen LogP contribution in [0.5, 0.6) is 0 Å². The van der Waals surface area contributed by atoms with Gasteiger partial charge in [-0.1, -0.05) is 30.3 Å². The van der Waals surface area contributed by atoms with Gasteiger partial charge in [0.1, 0.15) is 0 Å². The molecule has 0 spiro atoms. The van der Waals surface area contributed by atoms with Crippen molar-refractivity contribution in [1.29, 1.82) is 0 Å². The predicted octanol–water partition coefficient (Wildman–Crippen LogP) is 2.03. The van der Waals surface area contributed by atoms with Crippen LogP contribution < -0.4 is 0 Å². The Labute approximate surface area is 66.3 Å². The van der Waals surface area contributed by atoms with E-state index < -0.39 is 0 Å². The number of aliphatic hydroxyl groups is 1. The average molecular weight is 159 g/mol. The molecule has 1 rings (SSSR count). The van der Waals surface area contributed by atoms with Crippen molar-refractivity contribution in [3.05, 3.63) is 35.9 Å². The minimum atomic E-state index is 0.140. The Bertz CT molecular complexity index is 151. The van der Waals surface area contributed by atoms with Gasteiger partial charge in [0, 0.05) is 6.38 Å². The molecule has 0 fully saturated rings. The first-order chi connectivity index (χ1) is 4.93. The van der Waals surface area contributed by atoms with Gasteiger partial charge in [0.25, 0.3) is 0 Å². The predicted molar refractivity (Wildman–Crippen MR) is 44.1 cm³/mol. The van der Waals surface area contributed by atoms with Crippen LogP contribution in [0.25, 0.3) is 0 Å². The van der Waals surface area contributed by atoms with E-state index in [0.717, 1.165) is 5.56 Å². The van der Waals surface area contributed by atoms with Crippen LogP contribution in [0.2, 0.25) is 0 Å². The van der Waals surface area contributed by atoms with Gasteiger partial charge in [-0.05, 0) is 5.56 Å². The summed E-state index contributed by atoms with van der Waals surface area (Å²) < 4.78 is 0. The normalized spacial score (nSPS) is 7.90. The summed E-state index contributed by atoms with van der Waals surface area (Å²) >= 11 is 4.64. The lowest BCUT2D eigenvalue weighted by atomic mass is 10.2. The molecule has 1 aromatic carbocycles. The Kier molecular flexibility index (Phi) is 6.24. The van der Waals surface area contributed by atoms with Gasteiger partial charge in [-0.25, -0.2) is 0 Å². The second-order valence-corrected chi connectivity index (χ2v) is 1.64. The molecule has 1 nitrogen and oxygen atoms in total. The number of rotatable bonds is 1. The summed E-state index contributed by atoms with van der Waals surface area (Å²) in [6, 6.07) is 9.52. The summed E-state index contributed by atoms with van der Waals surface area (Å²) in [6.07, 6.45) is 1.47. The lowest BCUT2D eigenvalue weighted by Gasteiger charge is -1.89. The smallest absolute Gasteiger partial charge is 0.0681 e. The van der Waals surface area contributed by atoms with Gasteiger partial charge in [-0.2, -0.15) is 0 Å². The number of benzene rings is 1. The summed E-state index contributed by atoms with van der Waals surface area (Å²) in [4.78, 5) is 0. The van der Waals surface area contributed by atoms with E-state index in [9.17, 15) is 0 Å². The fourth-order valence-electron chi connectivity index (χ4n) is 0.583. The van der Waals surface area contributed by atoms with Crippen LogP contribution in [0, 0.1) is 0 Å². The molecule has 0 aromatic heterocycles. The van der Waals surface area contributed by atoms with Gasteiger partial charge in [-0.15, -0.1) is 11.6 Å². The maximum Gasteiger partial charge on any atom is 0.0681 e. The van der Waals surface area contributed by atoms with Crippen molar-refractivity contribution in [1.82, 2.24) is 0 Å². The maximum atomic E-state index is 8.54. The third-order valence-electron chi connectivity index (χ3n) is 1.03. The summed E-state index contributed by atoms with van der Waals surface area (Å²) in [7, 11) is 0. The highest BCUT2D eigenvalue weighted by Crippen LogP contribution is 1.95. The molecule has 56 valence electrons. The highest BCUT2D eigenvalue weighted by molar-refractivity contribution is 6.15. The van der Waals surface area contributed by atoms with Gasteiger partial charge in [0.2, 0.25) is 0 Å². The highest BCUT2D eigenvalue weighted by Gasteiger charge is 1.81. The topological polar surface area (TPSA) is 20.2 Å². The SMILES string of the molecule is CCl.OCc1ccccc1. The van der Waals surface area contributed by atoms with Crippen LogP contribution in [0.3, 0.4) is 0 Å². The summed E-state index contributed by atoms with van der Waals surface area (Å²) in [6.45, 7) is 0.140. The van der Waals surface area contributed by atoms with E-state index in [4.69, 9.17) is 5.11 Å². The van der Waals surface area contributed by atoms with E-state index in [2.05, 4.69) is 11.6 Å². The number of hydrogen-bond donors (Lipinski definition) is 1. The van der Waals surface area contributed by atoms with Gasteiger partial charge in [0.15, 0.2) is 0 Å². The molecule has 0 bridgehead atoms. The third kappa shape index (κ3) is 3.49. The zero-order chi connectivity index (χ0) is 7.82. The minimum absolute atomic E-state index is 0.140. The third-order valence-corrected chi connectivity index (χ3v) is 1.03. The van der Waals surface area contributed by atoms with Crippen molar-refractivity contribution >= 4 is 11.6 Å². The molecule has 0 aliphatic carbocycles. The van der Waals surface area contributed by atoms with Crippen molar-refractivity contribution in [3.63, 3.8) is 0 Å². The van der Waals surface area contributed by atoms with E-state index in [1.807, 2.05) is 30.3 Å². The molecule has 1 N–H and O–H groups in total. The summed E-state index contributed by atoms with van der Waals surface area (Å²) in [5.74, 6) is 0. The van der Waals surface area contributed by atoms with Crippen LogP contribution in [-0.2, 0) is 6.61 Å². The number of halogens is 1. The molecule has 0 unspecified atom stereocenters. The quantitative estimate of drug-likeness (QED) is 0.621. The molecule has 0 aliphatic heterocycles.